The fraction of sp³-hybridized carbons (Fsp3) is 0.357. The normalized spacial score (nSPS) is 13.2. The van der Waals surface area contributed by atoms with Crippen molar-refractivity contribution in [1.82, 2.24) is 9.88 Å². The number of hydrogen-bond donors (Lipinski definition) is 4. The number of anilines is 1. The zero-order valence-electron chi connectivity index (χ0n) is 22.6. The molecular weight excluding hydrogens is 578 g/mol. The zero-order valence-corrected chi connectivity index (χ0v) is 23.4. The molecule has 0 aliphatic rings. The van der Waals surface area contributed by atoms with Crippen LogP contribution in [0.25, 0.3) is 10.8 Å². The van der Waals surface area contributed by atoms with E-state index in [0.29, 0.717) is 16.3 Å². The summed E-state index contributed by atoms with van der Waals surface area (Å²) >= 11 is 5.98. The van der Waals surface area contributed by atoms with Gasteiger partial charge in [-0.1, -0.05) is 23.7 Å². The maximum absolute atomic E-state index is 13.8. The van der Waals surface area contributed by atoms with E-state index >= 15 is 0 Å². The Balaban J connectivity index is 1.65. The van der Waals surface area contributed by atoms with Crippen LogP contribution in [0.15, 0.2) is 48.7 Å². The monoisotopic (exact) mass is 608 g/mol. The largest absolute Gasteiger partial charge is 0.462 e. The van der Waals surface area contributed by atoms with E-state index < -0.39 is 61.0 Å². The van der Waals surface area contributed by atoms with Crippen LogP contribution in [-0.2, 0) is 25.5 Å². The number of rotatable bonds is 13. The van der Waals surface area contributed by atoms with Crippen LogP contribution in [0.4, 0.5) is 19.4 Å². The standard InChI is InChI=1S/C28H31ClF2N4O7/c1-35(25(38)8-6-16-3-2-4-22(31)26(16)29)20(11-21(37)15-41-27(39)23(32)13-36)14-42-28(40)34-24-10-18-9-19(30)7-5-17(18)12-33-24/h2-5,7,9-10,12,20-21,23,36-37H,6,8,11,13-15,32H2,1H3,(H,33,34,40)/t20-,21?,23+/m0/s1. The molecule has 0 aliphatic heterocycles. The van der Waals surface area contributed by atoms with Gasteiger partial charge in [0, 0.05) is 31.5 Å². The first-order valence-corrected chi connectivity index (χ1v) is 13.2. The number of aryl methyl sites for hydroxylation is 1. The van der Waals surface area contributed by atoms with Gasteiger partial charge in [0.25, 0.3) is 0 Å². The third kappa shape index (κ3) is 9.31. The molecule has 226 valence electrons. The lowest BCUT2D eigenvalue weighted by Gasteiger charge is -2.29. The van der Waals surface area contributed by atoms with E-state index in [9.17, 15) is 28.3 Å². The first-order valence-electron chi connectivity index (χ1n) is 12.9. The topological polar surface area (TPSA) is 164 Å². The van der Waals surface area contributed by atoms with Crippen LogP contribution < -0.4 is 11.1 Å². The van der Waals surface area contributed by atoms with Gasteiger partial charge in [-0.15, -0.1) is 0 Å². The Kier molecular flexibility index (Phi) is 11.9. The first-order chi connectivity index (χ1) is 20.0. The SMILES string of the molecule is CN(C(=O)CCc1cccc(F)c1Cl)[C@H](COC(=O)Nc1cc2cc(F)ccc2cn1)CC(O)COC(=O)[C@H](N)CO. The number of carbonyl (C=O) groups excluding carboxylic acids is 3. The molecule has 1 unspecified atom stereocenters. The molecule has 0 saturated heterocycles. The van der Waals surface area contributed by atoms with Crippen molar-refractivity contribution in [1.29, 1.82) is 0 Å². The van der Waals surface area contributed by atoms with Crippen molar-refractivity contribution in [3.63, 3.8) is 0 Å². The second-order valence-electron chi connectivity index (χ2n) is 9.46. The van der Waals surface area contributed by atoms with Gasteiger partial charge in [0.05, 0.1) is 23.8 Å². The van der Waals surface area contributed by atoms with Crippen molar-refractivity contribution in [2.45, 2.75) is 37.5 Å². The smallest absolute Gasteiger partial charge is 0.412 e. The number of ether oxygens (including phenoxy) is 2. The molecule has 5 N–H and O–H groups in total. The van der Waals surface area contributed by atoms with Gasteiger partial charge in [0.2, 0.25) is 5.91 Å². The number of esters is 1. The van der Waals surface area contributed by atoms with Gasteiger partial charge in [-0.2, -0.15) is 0 Å². The molecule has 3 rings (SSSR count). The fourth-order valence-corrected chi connectivity index (χ4v) is 4.16. The van der Waals surface area contributed by atoms with Crippen LogP contribution in [0.3, 0.4) is 0 Å². The zero-order chi connectivity index (χ0) is 30.8. The van der Waals surface area contributed by atoms with E-state index in [1.165, 1.54) is 48.5 Å². The molecule has 1 heterocycles. The van der Waals surface area contributed by atoms with Gasteiger partial charge >= 0.3 is 12.1 Å². The molecule has 2 amide bonds. The summed E-state index contributed by atoms with van der Waals surface area (Å²) < 4.78 is 37.5. The highest BCUT2D eigenvalue weighted by Gasteiger charge is 2.26. The van der Waals surface area contributed by atoms with Crippen molar-refractivity contribution < 1.29 is 42.9 Å². The minimum atomic E-state index is -1.29. The first kappa shape index (κ1) is 32.6. The number of pyridine rings is 1. The average molecular weight is 609 g/mol. The molecule has 1 aromatic heterocycles. The Morgan fingerprint density at radius 1 is 1.12 bits per heavy atom. The summed E-state index contributed by atoms with van der Waals surface area (Å²) in [6.45, 7) is -1.51. The van der Waals surface area contributed by atoms with Gasteiger partial charge in [-0.05, 0) is 47.7 Å². The van der Waals surface area contributed by atoms with Crippen molar-refractivity contribution >= 4 is 46.2 Å². The number of aliphatic hydroxyl groups is 2. The van der Waals surface area contributed by atoms with Crippen LogP contribution in [0.1, 0.15) is 18.4 Å². The number of nitrogens with zero attached hydrogens (tertiary/aromatic N) is 2. The maximum atomic E-state index is 13.8. The molecule has 3 atom stereocenters. The predicted octanol–water partition coefficient (Wildman–Crippen LogP) is 2.79. The summed E-state index contributed by atoms with van der Waals surface area (Å²) in [5, 5.41) is 22.9. The number of amides is 2. The Morgan fingerprint density at radius 3 is 2.62 bits per heavy atom. The molecule has 0 aliphatic carbocycles. The summed E-state index contributed by atoms with van der Waals surface area (Å²) in [7, 11) is 1.43. The summed E-state index contributed by atoms with van der Waals surface area (Å²) in [6, 6.07) is 7.67. The number of aliphatic hydroxyl groups excluding tert-OH is 2. The van der Waals surface area contributed by atoms with E-state index in [1.807, 2.05) is 0 Å². The lowest BCUT2D eigenvalue weighted by Crippen LogP contribution is -2.44. The molecule has 42 heavy (non-hydrogen) atoms. The van der Waals surface area contributed by atoms with E-state index in [2.05, 4.69) is 10.3 Å². The van der Waals surface area contributed by atoms with E-state index in [4.69, 9.17) is 31.9 Å². The molecule has 14 heteroatoms. The van der Waals surface area contributed by atoms with Gasteiger partial charge in [0.1, 0.15) is 36.7 Å². The highest BCUT2D eigenvalue weighted by molar-refractivity contribution is 6.31. The summed E-state index contributed by atoms with van der Waals surface area (Å²) in [5.74, 6) is -2.33. The van der Waals surface area contributed by atoms with E-state index in [-0.39, 0.29) is 36.7 Å². The minimum absolute atomic E-state index is 0.0730. The Morgan fingerprint density at radius 2 is 1.88 bits per heavy atom. The second kappa shape index (κ2) is 15.4. The molecule has 2 aromatic carbocycles. The molecule has 11 nitrogen and oxygen atoms in total. The summed E-state index contributed by atoms with van der Waals surface area (Å²) in [4.78, 5) is 42.6. The van der Waals surface area contributed by atoms with Crippen molar-refractivity contribution in [2.24, 2.45) is 5.73 Å². The number of hydrogen-bond acceptors (Lipinski definition) is 9. The van der Waals surface area contributed by atoms with E-state index in [0.717, 1.165) is 0 Å². The summed E-state index contributed by atoms with van der Waals surface area (Å²) in [5.41, 5.74) is 5.83. The second-order valence-corrected chi connectivity index (χ2v) is 9.84. The molecule has 0 bridgehead atoms. The number of nitrogens with one attached hydrogen (secondary N) is 1. The number of aromatic nitrogens is 1. The summed E-state index contributed by atoms with van der Waals surface area (Å²) in [6.07, 6.45) is -0.889. The van der Waals surface area contributed by atoms with Gasteiger partial charge in [-0.3, -0.25) is 14.9 Å². The number of benzene rings is 2. The molecule has 0 saturated carbocycles. The minimum Gasteiger partial charge on any atom is -0.462 e. The highest BCUT2D eigenvalue weighted by Crippen LogP contribution is 2.22. The number of fused-ring (bicyclic) bond motifs is 1. The molecule has 0 spiro atoms. The number of likely N-dealkylation sites (N-methyl/N-ethyl adjacent to an activating group) is 1. The van der Waals surface area contributed by atoms with Gasteiger partial charge < -0.3 is 30.3 Å². The average Bonchev–Trinajstić information content (AvgIpc) is 2.97. The van der Waals surface area contributed by atoms with Crippen molar-refractivity contribution in [3.8, 4) is 0 Å². The Labute approximate surface area is 245 Å². The molecule has 3 aromatic rings. The van der Waals surface area contributed by atoms with E-state index in [1.54, 1.807) is 12.1 Å². The number of nitrogens with two attached hydrogens (primary N) is 1. The van der Waals surface area contributed by atoms with Crippen molar-refractivity contribution in [3.05, 3.63) is 70.9 Å². The molecule has 0 fully saturated rings. The van der Waals surface area contributed by atoms with Crippen LogP contribution in [0.2, 0.25) is 5.02 Å². The number of halogens is 3. The lowest BCUT2D eigenvalue weighted by atomic mass is 10.1. The predicted molar refractivity (Wildman–Crippen MR) is 150 cm³/mol. The number of carbonyl (C=O) groups is 3. The Hall–Kier alpha value is -3.91. The quantitative estimate of drug-likeness (QED) is 0.214. The maximum Gasteiger partial charge on any atom is 0.412 e. The Bertz CT molecular complexity index is 1410. The third-order valence-corrected chi connectivity index (χ3v) is 6.79. The van der Waals surface area contributed by atoms with Crippen molar-refractivity contribution in [2.75, 3.05) is 32.2 Å². The third-order valence-electron chi connectivity index (χ3n) is 6.36. The molecular formula is C28H31ClF2N4O7. The van der Waals surface area contributed by atoms with Crippen LogP contribution in [-0.4, -0.2) is 83.1 Å². The van der Waals surface area contributed by atoms with Gasteiger partial charge in [0.15, 0.2) is 0 Å². The van der Waals surface area contributed by atoms with Crippen LogP contribution >= 0.6 is 11.6 Å². The molecule has 0 radical (unpaired) electrons. The van der Waals surface area contributed by atoms with Crippen LogP contribution in [0, 0.1) is 11.6 Å². The lowest BCUT2D eigenvalue weighted by molar-refractivity contribution is -0.150. The fourth-order valence-electron chi connectivity index (χ4n) is 3.94. The van der Waals surface area contributed by atoms with Crippen LogP contribution in [0.5, 0.6) is 0 Å². The highest BCUT2D eigenvalue weighted by atomic mass is 35.5. The van der Waals surface area contributed by atoms with Gasteiger partial charge in [-0.25, -0.2) is 18.6 Å².